The lowest BCUT2D eigenvalue weighted by molar-refractivity contribution is -0.134. The maximum atomic E-state index is 12.7. The Morgan fingerprint density at radius 2 is 1.69 bits per heavy atom. The molecule has 2 aromatic rings. The molecule has 0 radical (unpaired) electrons. The first kappa shape index (κ1) is 17.9. The summed E-state index contributed by atoms with van der Waals surface area (Å²) in [5.74, 6) is 0.639. The van der Waals surface area contributed by atoms with E-state index >= 15 is 0 Å². The monoisotopic (exact) mass is 354 g/mol. The van der Waals surface area contributed by atoms with Gasteiger partial charge in [0.25, 0.3) is 0 Å². The number of ether oxygens (including phenoxy) is 2. The Morgan fingerprint density at radius 3 is 2.38 bits per heavy atom. The summed E-state index contributed by atoms with van der Waals surface area (Å²) in [7, 11) is 1.56. The number of anilines is 1. The summed E-state index contributed by atoms with van der Waals surface area (Å²) in [6, 6.07) is 16.5. The van der Waals surface area contributed by atoms with E-state index in [9.17, 15) is 9.59 Å². The second kappa shape index (κ2) is 8.01. The predicted octanol–water partition coefficient (Wildman–Crippen LogP) is 2.96. The summed E-state index contributed by atoms with van der Waals surface area (Å²) in [5.41, 5.74) is -0.453. The molecule has 1 aliphatic carbocycles. The van der Waals surface area contributed by atoms with Gasteiger partial charge in [-0.15, -0.1) is 0 Å². The summed E-state index contributed by atoms with van der Waals surface area (Å²) in [6.45, 7) is 0.801. The van der Waals surface area contributed by atoms with Crippen LogP contribution >= 0.6 is 0 Å². The van der Waals surface area contributed by atoms with E-state index in [1.54, 1.807) is 19.2 Å². The van der Waals surface area contributed by atoms with Crippen LogP contribution in [0.15, 0.2) is 54.6 Å². The molecule has 2 amide bonds. The Labute approximate surface area is 152 Å². The van der Waals surface area contributed by atoms with Crippen LogP contribution in [0.1, 0.15) is 12.8 Å². The topological polar surface area (TPSA) is 76.7 Å². The van der Waals surface area contributed by atoms with Gasteiger partial charge in [0.15, 0.2) is 5.75 Å². The molecular weight excluding hydrogens is 332 g/mol. The molecule has 136 valence electrons. The normalized spacial score (nSPS) is 14.3. The highest BCUT2D eigenvalue weighted by atomic mass is 16.5. The quantitative estimate of drug-likeness (QED) is 0.564. The zero-order valence-electron chi connectivity index (χ0n) is 14.7. The van der Waals surface area contributed by atoms with Crippen molar-refractivity contribution in [1.82, 2.24) is 5.32 Å². The minimum atomic E-state index is -0.992. The second-order valence-corrected chi connectivity index (χ2v) is 6.20. The van der Waals surface area contributed by atoms with Crippen molar-refractivity contribution in [3.8, 4) is 11.5 Å². The largest absolute Gasteiger partial charge is 0.455 e. The van der Waals surface area contributed by atoms with Gasteiger partial charge in [0.2, 0.25) is 11.8 Å². The van der Waals surface area contributed by atoms with E-state index in [0.29, 0.717) is 43.2 Å². The summed E-state index contributed by atoms with van der Waals surface area (Å²) < 4.78 is 10.8. The van der Waals surface area contributed by atoms with Gasteiger partial charge in [0.1, 0.15) is 11.2 Å². The smallest absolute Gasteiger partial charge is 0.240 e. The van der Waals surface area contributed by atoms with Crippen LogP contribution in [0, 0.1) is 5.41 Å². The molecule has 6 nitrogen and oxygen atoms in total. The molecule has 0 unspecified atom stereocenters. The van der Waals surface area contributed by atoms with Gasteiger partial charge in [-0.2, -0.15) is 0 Å². The van der Waals surface area contributed by atoms with Gasteiger partial charge in [0, 0.05) is 13.7 Å². The second-order valence-electron chi connectivity index (χ2n) is 6.20. The van der Waals surface area contributed by atoms with E-state index < -0.39 is 5.41 Å². The average Bonchev–Trinajstić information content (AvgIpc) is 3.46. The maximum Gasteiger partial charge on any atom is 0.240 e. The molecule has 26 heavy (non-hydrogen) atoms. The number of hydrogen-bond acceptors (Lipinski definition) is 4. The molecule has 3 rings (SSSR count). The van der Waals surface area contributed by atoms with Crippen LogP contribution in [0.25, 0.3) is 0 Å². The van der Waals surface area contributed by atoms with E-state index in [1.807, 2.05) is 42.5 Å². The maximum absolute atomic E-state index is 12.7. The number of rotatable bonds is 8. The van der Waals surface area contributed by atoms with E-state index in [2.05, 4.69) is 10.6 Å². The molecule has 2 aromatic carbocycles. The van der Waals surface area contributed by atoms with Gasteiger partial charge >= 0.3 is 0 Å². The lowest BCUT2D eigenvalue weighted by Gasteiger charge is -2.17. The zero-order valence-corrected chi connectivity index (χ0v) is 14.7. The fourth-order valence-corrected chi connectivity index (χ4v) is 2.63. The molecule has 1 saturated carbocycles. The minimum absolute atomic E-state index is 0.256. The SMILES string of the molecule is COCCNC(=O)C1(C(=O)Nc2ccccc2Oc2ccccc2)CC1. The van der Waals surface area contributed by atoms with Crippen LogP contribution in [-0.2, 0) is 14.3 Å². The lowest BCUT2D eigenvalue weighted by atomic mass is 10.0. The van der Waals surface area contributed by atoms with Crippen molar-refractivity contribution < 1.29 is 19.1 Å². The first-order valence-electron chi connectivity index (χ1n) is 8.56. The number of carbonyl (C=O) groups is 2. The number of amides is 2. The fraction of sp³-hybridized carbons (Fsp3) is 0.300. The molecule has 0 aromatic heterocycles. The first-order valence-corrected chi connectivity index (χ1v) is 8.56. The van der Waals surface area contributed by atoms with E-state index in [-0.39, 0.29) is 11.8 Å². The van der Waals surface area contributed by atoms with E-state index in [1.165, 1.54) is 0 Å². The van der Waals surface area contributed by atoms with E-state index in [0.717, 1.165) is 0 Å². The number of hydrogen-bond donors (Lipinski definition) is 2. The Balaban J connectivity index is 1.69. The van der Waals surface area contributed by atoms with Gasteiger partial charge in [-0.1, -0.05) is 30.3 Å². The third-order valence-electron chi connectivity index (χ3n) is 4.32. The summed E-state index contributed by atoms with van der Waals surface area (Å²) in [5, 5.41) is 5.60. The number of carbonyl (C=O) groups excluding carboxylic acids is 2. The summed E-state index contributed by atoms with van der Waals surface area (Å²) >= 11 is 0. The number of nitrogens with one attached hydrogen (secondary N) is 2. The third kappa shape index (κ3) is 4.03. The molecule has 0 bridgehead atoms. The molecule has 2 N–H and O–H groups in total. The molecule has 1 fully saturated rings. The molecule has 0 aliphatic heterocycles. The Morgan fingerprint density at radius 1 is 1.00 bits per heavy atom. The Bertz CT molecular complexity index is 772. The highest BCUT2D eigenvalue weighted by molar-refractivity contribution is 6.13. The molecule has 0 spiro atoms. The van der Waals surface area contributed by atoms with Gasteiger partial charge in [-0.3, -0.25) is 9.59 Å². The first-order chi connectivity index (χ1) is 12.7. The Hall–Kier alpha value is -2.86. The minimum Gasteiger partial charge on any atom is -0.455 e. The number of benzene rings is 2. The third-order valence-corrected chi connectivity index (χ3v) is 4.32. The van der Waals surface area contributed by atoms with Crippen molar-refractivity contribution in [1.29, 1.82) is 0 Å². The van der Waals surface area contributed by atoms with Gasteiger partial charge in [0.05, 0.1) is 12.3 Å². The van der Waals surface area contributed by atoms with Crippen molar-refractivity contribution in [3.05, 3.63) is 54.6 Å². The summed E-state index contributed by atoms with van der Waals surface area (Å²) in [6.07, 6.45) is 1.08. The fourth-order valence-electron chi connectivity index (χ4n) is 2.63. The Kier molecular flexibility index (Phi) is 5.53. The molecule has 6 heteroatoms. The van der Waals surface area contributed by atoms with Crippen LogP contribution in [-0.4, -0.2) is 32.1 Å². The molecule has 1 aliphatic rings. The van der Waals surface area contributed by atoms with Gasteiger partial charge in [-0.05, 0) is 37.1 Å². The number of para-hydroxylation sites is 3. The predicted molar refractivity (Wildman–Crippen MR) is 98.1 cm³/mol. The van der Waals surface area contributed by atoms with Crippen molar-refractivity contribution in [3.63, 3.8) is 0 Å². The van der Waals surface area contributed by atoms with Crippen molar-refractivity contribution in [2.24, 2.45) is 5.41 Å². The van der Waals surface area contributed by atoms with Crippen LogP contribution in [0.2, 0.25) is 0 Å². The van der Waals surface area contributed by atoms with Crippen LogP contribution in [0.5, 0.6) is 11.5 Å². The zero-order chi connectivity index (χ0) is 18.4. The number of methoxy groups -OCH3 is 1. The van der Waals surface area contributed by atoms with Crippen molar-refractivity contribution >= 4 is 17.5 Å². The molecular formula is C20H22N2O4. The molecule has 0 heterocycles. The van der Waals surface area contributed by atoms with Crippen molar-refractivity contribution in [2.75, 3.05) is 25.6 Å². The lowest BCUT2D eigenvalue weighted by Crippen LogP contribution is -2.41. The molecule has 0 saturated heterocycles. The van der Waals surface area contributed by atoms with Crippen molar-refractivity contribution in [2.45, 2.75) is 12.8 Å². The average molecular weight is 354 g/mol. The molecule has 0 atom stereocenters. The summed E-state index contributed by atoms with van der Waals surface area (Å²) in [4.78, 5) is 25.1. The van der Waals surface area contributed by atoms with Gasteiger partial charge < -0.3 is 20.1 Å². The van der Waals surface area contributed by atoms with Crippen LogP contribution in [0.4, 0.5) is 5.69 Å². The highest BCUT2D eigenvalue weighted by Gasteiger charge is 2.56. The van der Waals surface area contributed by atoms with Gasteiger partial charge in [-0.25, -0.2) is 0 Å². The van der Waals surface area contributed by atoms with E-state index in [4.69, 9.17) is 9.47 Å². The van der Waals surface area contributed by atoms with Crippen LogP contribution < -0.4 is 15.4 Å². The van der Waals surface area contributed by atoms with Crippen LogP contribution in [0.3, 0.4) is 0 Å². The standard InChI is InChI=1S/C20H22N2O4/c1-25-14-13-21-18(23)20(11-12-20)19(24)22-16-9-5-6-10-17(16)26-15-7-3-2-4-8-15/h2-10H,11-14H2,1H3,(H,21,23)(H,22,24). The highest BCUT2D eigenvalue weighted by Crippen LogP contribution is 2.47.